The third-order valence-electron chi connectivity index (χ3n) is 6.24. The summed E-state index contributed by atoms with van der Waals surface area (Å²) in [5.74, 6) is 6.36. The van der Waals surface area contributed by atoms with E-state index in [1.165, 1.54) is 0 Å². The first-order valence-corrected chi connectivity index (χ1v) is 12.3. The quantitative estimate of drug-likeness (QED) is 0.326. The van der Waals surface area contributed by atoms with Gasteiger partial charge in [-0.1, -0.05) is 30.0 Å². The predicted octanol–water partition coefficient (Wildman–Crippen LogP) is 3.34. The van der Waals surface area contributed by atoms with Crippen molar-refractivity contribution in [3.05, 3.63) is 65.4 Å². The SMILES string of the molecule is CC(C)Oc1ccc(C#CCN(C)[C@H](C)C(C)O)cc1C(=O)N[C@@H](CO)Cc1c[nH]c2ccccc12. The zero-order valence-corrected chi connectivity index (χ0v) is 21.7. The fraction of sp³-hybridized carbons (Fsp3) is 0.414. The van der Waals surface area contributed by atoms with Crippen LogP contribution >= 0.6 is 0 Å². The maximum atomic E-state index is 13.3. The summed E-state index contributed by atoms with van der Waals surface area (Å²) < 4.78 is 5.89. The van der Waals surface area contributed by atoms with Crippen LogP contribution < -0.4 is 10.1 Å². The third-order valence-corrected chi connectivity index (χ3v) is 6.24. The van der Waals surface area contributed by atoms with Gasteiger partial charge in [0.2, 0.25) is 0 Å². The molecule has 0 spiro atoms. The van der Waals surface area contributed by atoms with Crippen molar-refractivity contribution in [2.24, 2.45) is 0 Å². The number of aromatic nitrogens is 1. The van der Waals surface area contributed by atoms with Crippen molar-refractivity contribution in [2.75, 3.05) is 20.2 Å². The lowest BCUT2D eigenvalue weighted by molar-refractivity contribution is 0.0910. The number of rotatable bonds is 10. The topological polar surface area (TPSA) is 97.8 Å². The minimum atomic E-state index is -0.464. The van der Waals surface area contributed by atoms with Crippen LogP contribution in [0.4, 0.5) is 0 Å². The van der Waals surface area contributed by atoms with Crippen LogP contribution in [0.3, 0.4) is 0 Å². The van der Waals surface area contributed by atoms with E-state index >= 15 is 0 Å². The first-order valence-electron chi connectivity index (χ1n) is 12.3. The van der Waals surface area contributed by atoms with Crippen LogP contribution in [0.5, 0.6) is 5.75 Å². The van der Waals surface area contributed by atoms with Crippen molar-refractivity contribution in [1.82, 2.24) is 15.2 Å². The van der Waals surface area contributed by atoms with E-state index in [2.05, 4.69) is 22.1 Å². The summed E-state index contributed by atoms with van der Waals surface area (Å²) in [6.45, 7) is 7.80. The third kappa shape index (κ3) is 7.11. The van der Waals surface area contributed by atoms with Crippen LogP contribution in [0.25, 0.3) is 10.9 Å². The fourth-order valence-electron chi connectivity index (χ4n) is 3.91. The molecule has 0 saturated heterocycles. The van der Waals surface area contributed by atoms with Gasteiger partial charge in [0.25, 0.3) is 5.91 Å². The minimum Gasteiger partial charge on any atom is -0.490 e. The van der Waals surface area contributed by atoms with E-state index < -0.39 is 12.1 Å². The Balaban J connectivity index is 1.78. The highest BCUT2D eigenvalue weighted by Crippen LogP contribution is 2.23. The van der Waals surface area contributed by atoms with Gasteiger partial charge >= 0.3 is 0 Å². The molecular formula is C29H37N3O4. The van der Waals surface area contributed by atoms with Crippen LogP contribution in [0.1, 0.15) is 49.2 Å². The Morgan fingerprint density at radius 1 is 1.17 bits per heavy atom. The van der Waals surface area contributed by atoms with E-state index in [1.807, 2.05) is 69.2 Å². The Bertz CT molecular complexity index is 1220. The van der Waals surface area contributed by atoms with E-state index in [-0.39, 0.29) is 24.7 Å². The van der Waals surface area contributed by atoms with E-state index in [1.54, 1.807) is 19.1 Å². The number of likely N-dealkylation sites (N-methyl/N-ethyl adjacent to an activating group) is 1. The summed E-state index contributed by atoms with van der Waals surface area (Å²) in [5.41, 5.74) is 3.10. The molecule has 0 radical (unpaired) electrons. The van der Waals surface area contributed by atoms with Gasteiger partial charge in [-0.05, 0) is 71.0 Å². The maximum Gasteiger partial charge on any atom is 0.255 e. The lowest BCUT2D eigenvalue weighted by Crippen LogP contribution is -2.39. The highest BCUT2D eigenvalue weighted by molar-refractivity contribution is 5.97. The monoisotopic (exact) mass is 491 g/mol. The Morgan fingerprint density at radius 2 is 1.92 bits per heavy atom. The van der Waals surface area contributed by atoms with Gasteiger partial charge in [-0.15, -0.1) is 0 Å². The molecular weight excluding hydrogens is 454 g/mol. The number of fused-ring (bicyclic) bond motifs is 1. The van der Waals surface area contributed by atoms with Crippen molar-refractivity contribution < 1.29 is 19.7 Å². The molecule has 7 nitrogen and oxygen atoms in total. The van der Waals surface area contributed by atoms with Crippen LogP contribution in [-0.2, 0) is 6.42 Å². The molecule has 3 rings (SSSR count). The number of hydrogen-bond acceptors (Lipinski definition) is 5. The van der Waals surface area contributed by atoms with Gasteiger partial charge in [-0.3, -0.25) is 9.69 Å². The largest absolute Gasteiger partial charge is 0.490 e. The molecule has 0 aliphatic rings. The highest BCUT2D eigenvalue weighted by atomic mass is 16.5. The Kier molecular flexibility index (Phi) is 9.54. The molecule has 1 aromatic heterocycles. The summed E-state index contributed by atoms with van der Waals surface area (Å²) >= 11 is 0. The molecule has 4 N–H and O–H groups in total. The number of aromatic amines is 1. The van der Waals surface area contributed by atoms with Gasteiger partial charge in [0.1, 0.15) is 5.75 Å². The van der Waals surface area contributed by atoms with E-state index in [9.17, 15) is 15.0 Å². The second-order valence-electron chi connectivity index (χ2n) is 9.49. The van der Waals surface area contributed by atoms with Crippen molar-refractivity contribution in [3.63, 3.8) is 0 Å². The predicted molar refractivity (Wildman–Crippen MR) is 143 cm³/mol. The number of carbonyl (C=O) groups is 1. The smallest absolute Gasteiger partial charge is 0.255 e. The minimum absolute atomic E-state index is 0.0185. The molecule has 1 unspecified atom stereocenters. The number of benzene rings is 2. The average molecular weight is 492 g/mol. The molecule has 192 valence electrons. The average Bonchev–Trinajstić information content (AvgIpc) is 3.26. The molecule has 3 aromatic rings. The number of H-pyrrole nitrogens is 1. The number of amides is 1. The number of aliphatic hydroxyl groups is 2. The van der Waals surface area contributed by atoms with Gasteiger partial charge in [-0.25, -0.2) is 0 Å². The fourth-order valence-corrected chi connectivity index (χ4v) is 3.91. The number of nitrogens with zero attached hydrogens (tertiary/aromatic N) is 1. The molecule has 0 aliphatic heterocycles. The van der Waals surface area contributed by atoms with Crippen molar-refractivity contribution in [3.8, 4) is 17.6 Å². The second-order valence-corrected chi connectivity index (χ2v) is 9.49. The molecule has 36 heavy (non-hydrogen) atoms. The van der Waals surface area contributed by atoms with Crippen molar-refractivity contribution in [1.29, 1.82) is 0 Å². The molecule has 7 heteroatoms. The molecule has 2 aromatic carbocycles. The normalized spacial score (nSPS) is 13.8. The Labute approximate surface area is 213 Å². The number of carbonyl (C=O) groups excluding carboxylic acids is 1. The van der Waals surface area contributed by atoms with Crippen LogP contribution in [0, 0.1) is 11.8 Å². The van der Waals surface area contributed by atoms with Crippen LogP contribution in [0.15, 0.2) is 48.7 Å². The van der Waals surface area contributed by atoms with Gasteiger partial charge in [0.05, 0.1) is 37.0 Å². The number of para-hydroxylation sites is 1. The standard InChI is InChI=1S/C29H37N3O4/c1-19(2)36-28-13-12-22(9-8-14-32(5)20(3)21(4)34)15-26(28)29(35)31-24(18-33)16-23-17-30-27-11-7-6-10-25(23)27/h6-7,10-13,15,17,19-21,24,30,33-34H,14,16,18H2,1-5H3,(H,31,35)/t20-,21?,24-/m1/s1. The van der Waals surface area contributed by atoms with E-state index in [0.717, 1.165) is 16.5 Å². The first-order chi connectivity index (χ1) is 17.2. The number of ether oxygens (including phenoxy) is 1. The van der Waals surface area contributed by atoms with Crippen molar-refractivity contribution in [2.45, 2.75) is 58.4 Å². The lowest BCUT2D eigenvalue weighted by atomic mass is 10.0. The zero-order chi connectivity index (χ0) is 26.2. The van der Waals surface area contributed by atoms with Gasteiger partial charge < -0.3 is 25.3 Å². The first kappa shape index (κ1) is 27.3. The molecule has 0 bridgehead atoms. The van der Waals surface area contributed by atoms with E-state index in [0.29, 0.717) is 29.8 Å². The van der Waals surface area contributed by atoms with Crippen LogP contribution in [0.2, 0.25) is 0 Å². The maximum absolute atomic E-state index is 13.3. The number of hydrogen-bond donors (Lipinski definition) is 4. The van der Waals surface area contributed by atoms with Gasteiger partial charge in [0.15, 0.2) is 0 Å². The number of aliphatic hydroxyl groups excluding tert-OH is 2. The molecule has 0 fully saturated rings. The molecule has 1 amide bonds. The number of nitrogens with one attached hydrogen (secondary N) is 2. The lowest BCUT2D eigenvalue weighted by Gasteiger charge is -2.24. The molecule has 1 heterocycles. The van der Waals surface area contributed by atoms with Crippen LogP contribution in [-0.4, -0.2) is 70.5 Å². The Hall–Kier alpha value is -3.31. The summed E-state index contributed by atoms with van der Waals surface area (Å²) in [7, 11) is 1.91. The summed E-state index contributed by atoms with van der Waals surface area (Å²) in [5, 5.41) is 23.8. The van der Waals surface area contributed by atoms with E-state index in [4.69, 9.17) is 4.74 Å². The molecule has 3 atom stereocenters. The Morgan fingerprint density at radius 3 is 2.61 bits per heavy atom. The molecule has 0 aliphatic carbocycles. The zero-order valence-electron chi connectivity index (χ0n) is 21.7. The second kappa shape index (κ2) is 12.6. The summed E-state index contributed by atoms with van der Waals surface area (Å²) in [6, 6.07) is 12.8. The van der Waals surface area contributed by atoms with Gasteiger partial charge in [0, 0.05) is 28.7 Å². The van der Waals surface area contributed by atoms with Gasteiger partial charge in [-0.2, -0.15) is 0 Å². The summed E-state index contributed by atoms with van der Waals surface area (Å²) in [6.07, 6.45) is 1.84. The molecule has 0 saturated carbocycles. The van der Waals surface area contributed by atoms with Crippen molar-refractivity contribution >= 4 is 16.8 Å². The highest BCUT2D eigenvalue weighted by Gasteiger charge is 2.20. The summed E-state index contributed by atoms with van der Waals surface area (Å²) in [4.78, 5) is 18.5.